The molecule has 0 spiro atoms. The van der Waals surface area contributed by atoms with Crippen molar-refractivity contribution in [3.8, 4) is 11.1 Å². The highest BCUT2D eigenvalue weighted by Gasteiger charge is 2.40. The number of benzene rings is 7. The van der Waals surface area contributed by atoms with Gasteiger partial charge >= 0.3 is 0 Å². The van der Waals surface area contributed by atoms with E-state index in [4.69, 9.17) is 0 Å². The smallest absolute Gasteiger partial charge is 0.0540 e. The summed E-state index contributed by atoms with van der Waals surface area (Å²) in [5.41, 5.74) is 10.2. The number of hydrogen-bond donors (Lipinski definition) is 0. The van der Waals surface area contributed by atoms with Crippen LogP contribution in [0.1, 0.15) is 37.2 Å². The average molecular weight is 649 g/mol. The van der Waals surface area contributed by atoms with Crippen molar-refractivity contribution in [1.82, 2.24) is 0 Å². The third-order valence-corrected chi connectivity index (χ3v) is 12.0. The molecular weight excluding hydrogens is 613 g/mol. The van der Waals surface area contributed by atoms with E-state index in [0.717, 1.165) is 5.69 Å². The minimum absolute atomic E-state index is 0.540. The number of anilines is 5. The number of rotatable bonds is 5. The summed E-state index contributed by atoms with van der Waals surface area (Å²) in [5.74, 6) is 0.606. The predicted molar refractivity (Wildman–Crippen MR) is 211 cm³/mol. The van der Waals surface area contributed by atoms with E-state index in [0.29, 0.717) is 12.0 Å². The van der Waals surface area contributed by atoms with Crippen molar-refractivity contribution in [3.05, 3.63) is 163 Å². The molecule has 2 atom stereocenters. The first-order chi connectivity index (χ1) is 24.3. The lowest BCUT2D eigenvalue weighted by Crippen LogP contribution is -2.32. The molecule has 2 nitrogen and oxygen atoms in total. The Morgan fingerprint density at radius 3 is 2.20 bits per heavy atom. The van der Waals surface area contributed by atoms with Crippen molar-refractivity contribution in [2.75, 3.05) is 9.80 Å². The third kappa shape index (κ3) is 4.75. The molecule has 49 heavy (non-hydrogen) atoms. The lowest BCUT2D eigenvalue weighted by molar-refractivity contribution is 0.402. The van der Waals surface area contributed by atoms with Crippen molar-refractivity contribution >= 4 is 70.7 Å². The van der Waals surface area contributed by atoms with E-state index in [2.05, 4.69) is 168 Å². The van der Waals surface area contributed by atoms with E-state index in [-0.39, 0.29) is 0 Å². The Morgan fingerprint density at radius 2 is 1.27 bits per heavy atom. The monoisotopic (exact) mass is 648 g/mol. The quantitative estimate of drug-likeness (QED) is 0.183. The van der Waals surface area contributed by atoms with Gasteiger partial charge in [0, 0.05) is 60.3 Å². The Bertz CT molecular complexity index is 2490. The van der Waals surface area contributed by atoms with Gasteiger partial charge in [-0.25, -0.2) is 0 Å². The van der Waals surface area contributed by atoms with E-state index >= 15 is 0 Å². The van der Waals surface area contributed by atoms with Crippen LogP contribution in [0, 0.1) is 0 Å². The van der Waals surface area contributed by atoms with Crippen molar-refractivity contribution in [2.45, 2.75) is 37.6 Å². The maximum atomic E-state index is 2.65. The van der Waals surface area contributed by atoms with Gasteiger partial charge in [-0.1, -0.05) is 116 Å². The van der Waals surface area contributed by atoms with Crippen molar-refractivity contribution in [3.63, 3.8) is 0 Å². The van der Waals surface area contributed by atoms with Gasteiger partial charge in [0.05, 0.1) is 5.69 Å². The van der Waals surface area contributed by atoms with E-state index in [1.807, 2.05) is 11.3 Å². The summed E-state index contributed by atoms with van der Waals surface area (Å²) in [6.07, 6.45) is 5.16. The fourth-order valence-electron chi connectivity index (χ4n) is 8.64. The molecule has 3 heteroatoms. The Labute approximate surface area is 291 Å². The summed E-state index contributed by atoms with van der Waals surface area (Å²) in [7, 11) is 0. The highest BCUT2D eigenvalue weighted by Crippen LogP contribution is 2.52. The number of fused-ring (bicyclic) bond motifs is 7. The zero-order valence-electron chi connectivity index (χ0n) is 27.3. The van der Waals surface area contributed by atoms with E-state index in [1.165, 1.54) is 96.1 Å². The molecule has 1 aliphatic heterocycles. The van der Waals surface area contributed by atoms with Crippen LogP contribution in [0.2, 0.25) is 0 Å². The molecule has 10 rings (SSSR count). The van der Waals surface area contributed by atoms with Gasteiger partial charge in [0.25, 0.3) is 0 Å². The Kier molecular flexibility index (Phi) is 6.80. The molecule has 236 valence electrons. The third-order valence-electron chi connectivity index (χ3n) is 10.9. The summed E-state index contributed by atoms with van der Waals surface area (Å²) in [4.78, 5) is 5.10. The van der Waals surface area contributed by atoms with E-state index < -0.39 is 0 Å². The molecule has 2 aliphatic rings. The molecule has 0 saturated heterocycles. The molecule has 2 unspecified atom stereocenters. The molecule has 1 aromatic heterocycles. The SMILES string of the molecule is c1ccc(N2c3cc(-c4cccc(N(c5ccc6c(c5)sc5ccccc56)c5cccc6ccccc56)c4)ccc3C3CCCCC32)cc1. The maximum Gasteiger partial charge on any atom is 0.0540 e. The average Bonchev–Trinajstić information content (AvgIpc) is 3.70. The molecule has 8 aromatic rings. The lowest BCUT2D eigenvalue weighted by atomic mass is 9.82. The van der Waals surface area contributed by atoms with Gasteiger partial charge in [-0.15, -0.1) is 11.3 Å². The molecule has 7 aromatic carbocycles. The van der Waals surface area contributed by atoms with Crippen LogP contribution in [-0.2, 0) is 0 Å². The number of nitrogens with zero attached hydrogens (tertiary/aromatic N) is 2. The summed E-state index contributed by atoms with van der Waals surface area (Å²) < 4.78 is 2.63. The largest absolute Gasteiger partial charge is 0.337 e. The van der Waals surface area contributed by atoms with Crippen LogP contribution in [0.3, 0.4) is 0 Å². The molecule has 0 N–H and O–H groups in total. The van der Waals surface area contributed by atoms with Gasteiger partial charge < -0.3 is 9.80 Å². The zero-order chi connectivity index (χ0) is 32.3. The first kappa shape index (κ1) is 28.6. The van der Waals surface area contributed by atoms with Crippen LogP contribution in [0.4, 0.5) is 28.4 Å². The molecule has 1 fully saturated rings. The molecule has 1 saturated carbocycles. The van der Waals surface area contributed by atoms with Crippen LogP contribution in [0.15, 0.2) is 158 Å². The first-order valence-electron chi connectivity index (χ1n) is 17.6. The lowest BCUT2D eigenvalue weighted by Gasteiger charge is -2.33. The number of hydrogen-bond acceptors (Lipinski definition) is 3. The molecule has 0 radical (unpaired) electrons. The normalized spacial score (nSPS) is 17.0. The fourth-order valence-corrected chi connectivity index (χ4v) is 9.77. The molecule has 1 aliphatic carbocycles. The van der Waals surface area contributed by atoms with Crippen LogP contribution >= 0.6 is 11.3 Å². The minimum Gasteiger partial charge on any atom is -0.337 e. The van der Waals surface area contributed by atoms with Gasteiger partial charge in [0.15, 0.2) is 0 Å². The second-order valence-electron chi connectivity index (χ2n) is 13.6. The zero-order valence-corrected chi connectivity index (χ0v) is 28.1. The summed E-state index contributed by atoms with van der Waals surface area (Å²) in [6, 6.07) is 59.1. The molecule has 2 heterocycles. The number of thiophene rings is 1. The highest BCUT2D eigenvalue weighted by molar-refractivity contribution is 7.25. The Morgan fingerprint density at radius 1 is 0.531 bits per heavy atom. The van der Waals surface area contributed by atoms with E-state index in [9.17, 15) is 0 Å². The van der Waals surface area contributed by atoms with Gasteiger partial charge in [-0.05, 0) is 89.5 Å². The second kappa shape index (κ2) is 11.6. The molecule has 0 bridgehead atoms. The first-order valence-corrected chi connectivity index (χ1v) is 18.4. The van der Waals surface area contributed by atoms with Crippen molar-refractivity contribution < 1.29 is 0 Å². The van der Waals surface area contributed by atoms with E-state index in [1.54, 1.807) is 0 Å². The van der Waals surface area contributed by atoms with Crippen LogP contribution in [-0.4, -0.2) is 6.04 Å². The predicted octanol–water partition coefficient (Wildman–Crippen LogP) is 13.5. The van der Waals surface area contributed by atoms with Gasteiger partial charge in [0.2, 0.25) is 0 Å². The molecular formula is C46H36N2S. The number of para-hydroxylation sites is 1. The standard InChI is InChI=1S/C46H36N2S/c1-2-15-34(16-3-1)48-43-21-8-6-19-38(43)39-26-24-33(29-44(39)48)32-14-10-17-35(28-32)47(42-22-11-13-31-12-4-5-18-37(31)42)36-25-27-41-40-20-7-9-23-45(40)49-46(41)30-36/h1-5,7,9-18,20,22-30,38,43H,6,8,19,21H2. The summed E-state index contributed by atoms with van der Waals surface area (Å²) >= 11 is 1.87. The summed E-state index contributed by atoms with van der Waals surface area (Å²) in [6.45, 7) is 0. The topological polar surface area (TPSA) is 6.48 Å². The van der Waals surface area contributed by atoms with Crippen LogP contribution < -0.4 is 9.80 Å². The fraction of sp³-hybridized carbons (Fsp3) is 0.130. The van der Waals surface area contributed by atoms with Crippen LogP contribution in [0.5, 0.6) is 0 Å². The Balaban J connectivity index is 1.13. The van der Waals surface area contributed by atoms with Gasteiger partial charge in [-0.3, -0.25) is 0 Å². The van der Waals surface area contributed by atoms with Crippen molar-refractivity contribution in [1.29, 1.82) is 0 Å². The van der Waals surface area contributed by atoms with Crippen LogP contribution in [0.25, 0.3) is 42.1 Å². The molecule has 0 amide bonds. The highest BCUT2D eigenvalue weighted by atomic mass is 32.1. The van der Waals surface area contributed by atoms with Gasteiger partial charge in [-0.2, -0.15) is 0 Å². The maximum absolute atomic E-state index is 2.65. The van der Waals surface area contributed by atoms with Gasteiger partial charge in [0.1, 0.15) is 0 Å². The second-order valence-corrected chi connectivity index (χ2v) is 14.7. The Hall–Kier alpha value is -5.38. The van der Waals surface area contributed by atoms with Crippen molar-refractivity contribution in [2.24, 2.45) is 0 Å². The minimum atomic E-state index is 0.540. The summed E-state index contributed by atoms with van der Waals surface area (Å²) in [5, 5.41) is 5.13.